The first kappa shape index (κ1) is 15.3. The summed E-state index contributed by atoms with van der Waals surface area (Å²) in [5, 5.41) is 7.84. The highest BCUT2D eigenvalue weighted by Crippen LogP contribution is 2.19. The van der Waals surface area contributed by atoms with Crippen molar-refractivity contribution in [3.05, 3.63) is 46.6 Å². The van der Waals surface area contributed by atoms with Crippen LogP contribution >= 0.6 is 11.6 Å². The smallest absolute Gasteiger partial charge is 0.265 e. The average Bonchev–Trinajstić information content (AvgIpc) is 2.46. The van der Waals surface area contributed by atoms with Gasteiger partial charge in [-0.3, -0.25) is 9.69 Å². The molecule has 0 saturated heterocycles. The molecule has 6 heteroatoms. The fraction of sp³-hybridized carbons (Fsp3) is 0.267. The van der Waals surface area contributed by atoms with E-state index in [1.165, 1.54) is 4.90 Å². The standard InChI is InChI=1S/C15H16ClN3O2/c1-10-4-5-12(11(2)8-10)21-9-15(20)19(3)14-7-6-13(16)17-18-14/h4-8H,9H2,1-3H3. The number of aromatic nitrogens is 2. The maximum atomic E-state index is 12.1. The molecule has 0 aliphatic rings. The normalized spacial score (nSPS) is 10.3. The average molecular weight is 306 g/mol. The van der Waals surface area contributed by atoms with Crippen LogP contribution in [0, 0.1) is 13.8 Å². The van der Waals surface area contributed by atoms with Gasteiger partial charge in [0.1, 0.15) is 5.75 Å². The van der Waals surface area contributed by atoms with Crippen molar-refractivity contribution in [1.82, 2.24) is 10.2 Å². The maximum absolute atomic E-state index is 12.1. The topological polar surface area (TPSA) is 55.3 Å². The molecule has 0 spiro atoms. The van der Waals surface area contributed by atoms with Crippen LogP contribution in [-0.4, -0.2) is 29.8 Å². The third kappa shape index (κ3) is 3.92. The summed E-state index contributed by atoms with van der Waals surface area (Å²) in [6.07, 6.45) is 0. The van der Waals surface area contributed by atoms with Crippen molar-refractivity contribution in [2.45, 2.75) is 13.8 Å². The Bertz CT molecular complexity index is 644. The SMILES string of the molecule is Cc1ccc(OCC(=O)N(C)c2ccc(Cl)nn2)c(C)c1. The number of carbonyl (C=O) groups excluding carboxylic acids is 1. The van der Waals surface area contributed by atoms with Crippen LogP contribution in [-0.2, 0) is 4.79 Å². The third-order valence-corrected chi connectivity index (χ3v) is 3.22. The van der Waals surface area contributed by atoms with E-state index in [0.29, 0.717) is 11.6 Å². The van der Waals surface area contributed by atoms with Crippen molar-refractivity contribution >= 4 is 23.3 Å². The number of benzene rings is 1. The summed E-state index contributed by atoms with van der Waals surface area (Å²) in [4.78, 5) is 13.5. The van der Waals surface area contributed by atoms with Crippen LogP contribution in [0.1, 0.15) is 11.1 Å². The lowest BCUT2D eigenvalue weighted by atomic mass is 10.1. The lowest BCUT2D eigenvalue weighted by molar-refractivity contribution is -0.120. The molecular weight excluding hydrogens is 290 g/mol. The first-order valence-corrected chi connectivity index (χ1v) is 6.81. The van der Waals surface area contributed by atoms with Gasteiger partial charge in [0.15, 0.2) is 17.6 Å². The van der Waals surface area contributed by atoms with Crippen molar-refractivity contribution in [2.24, 2.45) is 0 Å². The minimum absolute atomic E-state index is 0.0648. The predicted molar refractivity (Wildman–Crippen MR) is 81.9 cm³/mol. The second kappa shape index (κ2) is 6.54. The van der Waals surface area contributed by atoms with Crippen LogP contribution in [0.4, 0.5) is 5.82 Å². The number of amides is 1. The maximum Gasteiger partial charge on any atom is 0.265 e. The Morgan fingerprint density at radius 2 is 2.00 bits per heavy atom. The number of hydrogen-bond acceptors (Lipinski definition) is 4. The van der Waals surface area contributed by atoms with Crippen LogP contribution in [0.3, 0.4) is 0 Å². The Morgan fingerprint density at radius 3 is 2.62 bits per heavy atom. The molecule has 2 aromatic rings. The summed E-state index contributed by atoms with van der Waals surface area (Å²) in [5.41, 5.74) is 2.15. The minimum Gasteiger partial charge on any atom is -0.483 e. The van der Waals surface area contributed by atoms with Crippen molar-refractivity contribution in [3.63, 3.8) is 0 Å². The van der Waals surface area contributed by atoms with E-state index < -0.39 is 0 Å². The van der Waals surface area contributed by atoms with Crippen LogP contribution in [0.5, 0.6) is 5.75 Å². The van der Waals surface area contributed by atoms with Gasteiger partial charge in [-0.15, -0.1) is 10.2 Å². The zero-order valence-corrected chi connectivity index (χ0v) is 12.9. The van der Waals surface area contributed by atoms with Crippen molar-refractivity contribution in [1.29, 1.82) is 0 Å². The van der Waals surface area contributed by atoms with Crippen molar-refractivity contribution in [2.75, 3.05) is 18.6 Å². The predicted octanol–water partition coefficient (Wildman–Crippen LogP) is 2.79. The fourth-order valence-corrected chi connectivity index (χ4v) is 1.91. The molecule has 5 nitrogen and oxygen atoms in total. The van der Waals surface area contributed by atoms with Crippen LogP contribution < -0.4 is 9.64 Å². The molecule has 1 amide bonds. The quantitative estimate of drug-likeness (QED) is 0.871. The highest BCUT2D eigenvalue weighted by Gasteiger charge is 2.14. The summed E-state index contributed by atoms with van der Waals surface area (Å²) < 4.78 is 5.55. The summed E-state index contributed by atoms with van der Waals surface area (Å²) in [5.74, 6) is 0.907. The van der Waals surface area contributed by atoms with E-state index in [4.69, 9.17) is 16.3 Å². The number of nitrogens with zero attached hydrogens (tertiary/aromatic N) is 3. The first-order chi connectivity index (χ1) is 9.97. The lowest BCUT2D eigenvalue weighted by Crippen LogP contribution is -2.32. The molecule has 0 unspecified atom stereocenters. The molecule has 1 aromatic heterocycles. The number of likely N-dealkylation sites (N-methyl/N-ethyl adjacent to an activating group) is 1. The highest BCUT2D eigenvalue weighted by molar-refractivity contribution is 6.29. The van der Waals surface area contributed by atoms with Gasteiger partial charge in [0.25, 0.3) is 5.91 Å². The number of aryl methyl sites for hydroxylation is 2. The molecule has 0 aliphatic carbocycles. The molecule has 1 heterocycles. The molecule has 0 bridgehead atoms. The molecule has 21 heavy (non-hydrogen) atoms. The Balaban J connectivity index is 1.99. The molecule has 0 fully saturated rings. The molecule has 110 valence electrons. The molecule has 2 rings (SSSR count). The zero-order valence-electron chi connectivity index (χ0n) is 12.1. The molecule has 0 radical (unpaired) electrons. The molecule has 0 aliphatic heterocycles. The van der Waals surface area contributed by atoms with E-state index >= 15 is 0 Å². The van der Waals surface area contributed by atoms with Gasteiger partial charge in [-0.05, 0) is 37.6 Å². The number of carbonyl (C=O) groups is 1. The van der Waals surface area contributed by atoms with Crippen LogP contribution in [0.25, 0.3) is 0 Å². The Hall–Kier alpha value is -2.14. The second-order valence-electron chi connectivity index (χ2n) is 4.72. The van der Waals surface area contributed by atoms with Gasteiger partial charge < -0.3 is 4.74 Å². The van der Waals surface area contributed by atoms with Gasteiger partial charge in [0, 0.05) is 7.05 Å². The highest BCUT2D eigenvalue weighted by atomic mass is 35.5. The van der Waals surface area contributed by atoms with Gasteiger partial charge in [-0.25, -0.2) is 0 Å². The third-order valence-electron chi connectivity index (χ3n) is 3.02. The van der Waals surface area contributed by atoms with Crippen molar-refractivity contribution < 1.29 is 9.53 Å². The van der Waals surface area contributed by atoms with Gasteiger partial charge in [-0.1, -0.05) is 29.3 Å². The van der Waals surface area contributed by atoms with Gasteiger partial charge in [-0.2, -0.15) is 0 Å². The Labute approximate surface area is 128 Å². The minimum atomic E-state index is -0.216. The molecule has 0 saturated carbocycles. The van der Waals surface area contributed by atoms with Crippen molar-refractivity contribution in [3.8, 4) is 5.75 Å². The van der Waals surface area contributed by atoms with E-state index in [1.54, 1.807) is 19.2 Å². The van der Waals surface area contributed by atoms with E-state index in [0.717, 1.165) is 11.1 Å². The summed E-state index contributed by atoms with van der Waals surface area (Å²) in [7, 11) is 1.62. The number of rotatable bonds is 4. The Kier molecular flexibility index (Phi) is 4.75. The summed E-state index contributed by atoms with van der Waals surface area (Å²) in [6.45, 7) is 3.89. The number of anilines is 1. The van der Waals surface area contributed by atoms with Gasteiger partial charge in [0.05, 0.1) is 0 Å². The van der Waals surface area contributed by atoms with Gasteiger partial charge in [0.2, 0.25) is 0 Å². The fourth-order valence-electron chi connectivity index (χ4n) is 1.81. The monoisotopic (exact) mass is 305 g/mol. The van der Waals surface area contributed by atoms with Crippen LogP contribution in [0.15, 0.2) is 30.3 Å². The molecule has 0 atom stereocenters. The molecule has 0 N–H and O–H groups in total. The zero-order chi connectivity index (χ0) is 15.4. The summed E-state index contributed by atoms with van der Waals surface area (Å²) in [6, 6.07) is 9.03. The van der Waals surface area contributed by atoms with E-state index in [9.17, 15) is 4.79 Å². The van der Waals surface area contributed by atoms with E-state index in [2.05, 4.69) is 10.2 Å². The number of halogens is 1. The molecular formula is C15H16ClN3O2. The number of ether oxygens (including phenoxy) is 1. The van der Waals surface area contributed by atoms with E-state index in [1.807, 2.05) is 32.0 Å². The summed E-state index contributed by atoms with van der Waals surface area (Å²) >= 11 is 5.67. The second-order valence-corrected chi connectivity index (χ2v) is 5.11. The number of hydrogen-bond donors (Lipinski definition) is 0. The van der Waals surface area contributed by atoms with Crippen LogP contribution in [0.2, 0.25) is 5.15 Å². The van der Waals surface area contributed by atoms with E-state index in [-0.39, 0.29) is 17.7 Å². The largest absolute Gasteiger partial charge is 0.483 e. The Morgan fingerprint density at radius 1 is 1.24 bits per heavy atom. The van der Waals surface area contributed by atoms with Gasteiger partial charge >= 0.3 is 0 Å². The first-order valence-electron chi connectivity index (χ1n) is 6.43. The molecule has 1 aromatic carbocycles. The lowest BCUT2D eigenvalue weighted by Gasteiger charge is -2.16.